The molecule has 0 fully saturated rings. The minimum absolute atomic E-state index is 0.509. The van der Waals surface area contributed by atoms with Gasteiger partial charge in [-0.05, 0) is 42.5 Å². The van der Waals surface area contributed by atoms with Crippen LogP contribution in [0, 0.1) is 11.8 Å². The predicted octanol–water partition coefficient (Wildman–Crippen LogP) is 5.03. The second-order valence-electron chi connectivity index (χ2n) is 5.98. The fourth-order valence-corrected chi connectivity index (χ4v) is 2.98. The Hall–Kier alpha value is -2.81. The molecule has 0 N–H and O–H groups in total. The number of aromatic nitrogens is 1. The largest absolute Gasteiger partial charge is 0.264 e. The summed E-state index contributed by atoms with van der Waals surface area (Å²) in [5.74, 6) is 0. The molecule has 0 amide bonds. The normalized spacial score (nSPS) is 11.9. The lowest BCUT2D eigenvalue weighted by Crippen LogP contribution is -2.04. The highest BCUT2D eigenvalue weighted by Gasteiger charge is 2.18. The topological polar surface area (TPSA) is 42.3 Å². The minimum atomic E-state index is -0.509. The molecule has 3 aromatic rings. The van der Waals surface area contributed by atoms with Crippen molar-refractivity contribution in [3.63, 3.8) is 0 Å². The first-order chi connectivity index (χ1) is 11.8. The first kappa shape index (κ1) is 16.1. The summed E-state index contributed by atoms with van der Waals surface area (Å²) in [4.78, 5) is 15.7. The number of nitrogens with zero attached hydrogens (tertiary/aromatic N) is 2. The highest BCUT2D eigenvalue weighted by molar-refractivity contribution is 5.39. The van der Waals surface area contributed by atoms with E-state index in [-0.39, 0.29) is 0 Å². The van der Waals surface area contributed by atoms with E-state index >= 15 is 0 Å². The fourth-order valence-electron chi connectivity index (χ4n) is 2.98. The summed E-state index contributed by atoms with van der Waals surface area (Å²) in [6, 6.07) is 19.8. The molecule has 0 aliphatic carbocycles. The van der Waals surface area contributed by atoms with Gasteiger partial charge in [0.05, 0.1) is 0 Å². The summed E-state index contributed by atoms with van der Waals surface area (Å²) in [6.07, 6.45) is 5.24. The van der Waals surface area contributed by atoms with Crippen molar-refractivity contribution in [3.05, 3.63) is 106 Å². The van der Waals surface area contributed by atoms with Gasteiger partial charge >= 0.3 is 0 Å². The number of aryl methyl sites for hydroxylation is 3. The average molecular weight is 316 g/mol. The van der Waals surface area contributed by atoms with Crippen LogP contribution < -0.4 is 0 Å². The Kier molecular flexibility index (Phi) is 5.12. The van der Waals surface area contributed by atoms with Crippen molar-refractivity contribution in [2.45, 2.75) is 25.8 Å². The van der Waals surface area contributed by atoms with Crippen LogP contribution in [0.3, 0.4) is 0 Å². The Morgan fingerprint density at radius 1 is 1.00 bits per heavy atom. The molecular weight excluding hydrogens is 296 g/mol. The molecular formula is C21H20N2O. The van der Waals surface area contributed by atoms with Gasteiger partial charge in [-0.3, -0.25) is 4.98 Å². The number of hydrogen-bond donors (Lipinski definition) is 0. The first-order valence-corrected chi connectivity index (χ1v) is 8.13. The van der Waals surface area contributed by atoms with Crippen LogP contribution in [-0.4, -0.2) is 4.98 Å². The summed E-state index contributed by atoms with van der Waals surface area (Å²) in [5, 5.41) is 3.38. The van der Waals surface area contributed by atoms with Crippen molar-refractivity contribution in [1.29, 1.82) is 0 Å². The van der Waals surface area contributed by atoms with Gasteiger partial charge in [0.25, 0.3) is 0 Å². The summed E-state index contributed by atoms with van der Waals surface area (Å²) < 4.78 is 0. The van der Waals surface area contributed by atoms with Crippen molar-refractivity contribution < 1.29 is 0 Å². The van der Waals surface area contributed by atoms with Gasteiger partial charge in [-0.15, -0.1) is 4.91 Å². The van der Waals surface area contributed by atoms with E-state index in [1.165, 1.54) is 16.7 Å². The maximum atomic E-state index is 11.5. The van der Waals surface area contributed by atoms with E-state index in [0.29, 0.717) is 0 Å². The maximum absolute atomic E-state index is 11.5. The first-order valence-electron chi connectivity index (χ1n) is 8.13. The summed E-state index contributed by atoms with van der Waals surface area (Å²) in [6.45, 7) is 2.07. The standard InChI is InChI=1S/C21H20N2O/c1-16-9-12-20(21(23-24)19-8-5-13-22-15-19)18(14-16)11-10-17-6-3-2-4-7-17/h2-9,12-15,21H,10-11H2,1H3. The number of benzene rings is 2. The molecule has 24 heavy (non-hydrogen) atoms. The van der Waals surface area contributed by atoms with Gasteiger partial charge in [-0.1, -0.05) is 65.3 Å². The molecule has 0 aliphatic rings. The van der Waals surface area contributed by atoms with Crippen LogP contribution in [0.15, 0.2) is 78.2 Å². The van der Waals surface area contributed by atoms with Gasteiger partial charge in [0.1, 0.15) is 6.04 Å². The molecule has 3 rings (SSSR count). The van der Waals surface area contributed by atoms with Gasteiger partial charge in [-0.2, -0.15) is 0 Å². The van der Waals surface area contributed by atoms with E-state index in [2.05, 4.69) is 47.4 Å². The molecule has 0 bridgehead atoms. The molecule has 0 spiro atoms. The van der Waals surface area contributed by atoms with Crippen molar-refractivity contribution in [2.24, 2.45) is 5.18 Å². The molecule has 1 unspecified atom stereocenters. The van der Waals surface area contributed by atoms with E-state index in [9.17, 15) is 4.91 Å². The van der Waals surface area contributed by atoms with Gasteiger partial charge in [0.15, 0.2) is 0 Å². The monoisotopic (exact) mass is 316 g/mol. The van der Waals surface area contributed by atoms with Crippen LogP contribution in [0.25, 0.3) is 0 Å². The van der Waals surface area contributed by atoms with E-state index in [1.807, 2.05) is 30.3 Å². The Morgan fingerprint density at radius 3 is 2.54 bits per heavy atom. The van der Waals surface area contributed by atoms with Crippen molar-refractivity contribution in [3.8, 4) is 0 Å². The zero-order valence-electron chi connectivity index (χ0n) is 13.7. The number of rotatable bonds is 6. The lowest BCUT2D eigenvalue weighted by atomic mass is 9.91. The predicted molar refractivity (Wildman–Crippen MR) is 96.9 cm³/mol. The highest BCUT2D eigenvalue weighted by Crippen LogP contribution is 2.29. The molecule has 0 saturated carbocycles. The quantitative estimate of drug-likeness (QED) is 0.598. The van der Waals surface area contributed by atoms with Crippen LogP contribution in [0.5, 0.6) is 0 Å². The van der Waals surface area contributed by atoms with Crippen LogP contribution in [-0.2, 0) is 12.8 Å². The highest BCUT2D eigenvalue weighted by atomic mass is 16.3. The average Bonchev–Trinajstić information content (AvgIpc) is 2.64. The Bertz CT molecular complexity index is 801. The van der Waals surface area contributed by atoms with E-state index in [4.69, 9.17) is 0 Å². The minimum Gasteiger partial charge on any atom is -0.264 e. The summed E-state index contributed by atoms with van der Waals surface area (Å²) in [7, 11) is 0. The van der Waals surface area contributed by atoms with Crippen LogP contribution in [0.1, 0.15) is 33.9 Å². The number of hydrogen-bond acceptors (Lipinski definition) is 3. The van der Waals surface area contributed by atoms with E-state index in [0.717, 1.165) is 24.0 Å². The third kappa shape index (κ3) is 3.74. The molecule has 120 valence electrons. The molecule has 0 radical (unpaired) electrons. The molecule has 0 aliphatic heterocycles. The number of nitroso groups, excluding NO2 is 1. The van der Waals surface area contributed by atoms with Crippen molar-refractivity contribution in [1.82, 2.24) is 4.98 Å². The number of pyridine rings is 1. The Morgan fingerprint density at radius 2 is 1.83 bits per heavy atom. The molecule has 3 heteroatoms. The Labute approximate surface area is 142 Å². The van der Waals surface area contributed by atoms with Crippen LogP contribution in [0.2, 0.25) is 0 Å². The van der Waals surface area contributed by atoms with Crippen molar-refractivity contribution >= 4 is 0 Å². The van der Waals surface area contributed by atoms with E-state index < -0.39 is 6.04 Å². The zero-order valence-corrected chi connectivity index (χ0v) is 13.7. The molecule has 3 nitrogen and oxygen atoms in total. The smallest absolute Gasteiger partial charge is 0.144 e. The van der Waals surface area contributed by atoms with Crippen molar-refractivity contribution in [2.75, 3.05) is 0 Å². The SMILES string of the molecule is Cc1ccc(C(N=O)c2cccnc2)c(CCc2ccccc2)c1. The third-order valence-electron chi connectivity index (χ3n) is 4.22. The molecule has 0 saturated heterocycles. The van der Waals surface area contributed by atoms with Gasteiger partial charge < -0.3 is 0 Å². The summed E-state index contributed by atoms with van der Waals surface area (Å²) >= 11 is 0. The summed E-state index contributed by atoms with van der Waals surface area (Å²) in [5.41, 5.74) is 5.46. The van der Waals surface area contributed by atoms with E-state index in [1.54, 1.807) is 12.4 Å². The van der Waals surface area contributed by atoms with Gasteiger partial charge in [0.2, 0.25) is 0 Å². The van der Waals surface area contributed by atoms with Gasteiger partial charge in [-0.25, -0.2) is 0 Å². The third-order valence-corrected chi connectivity index (χ3v) is 4.22. The zero-order chi connectivity index (χ0) is 16.8. The second-order valence-corrected chi connectivity index (χ2v) is 5.98. The Balaban J connectivity index is 1.91. The fraction of sp³-hybridized carbons (Fsp3) is 0.190. The lowest BCUT2D eigenvalue weighted by molar-refractivity contribution is 0.822. The lowest BCUT2D eigenvalue weighted by Gasteiger charge is -2.15. The van der Waals surface area contributed by atoms with Gasteiger partial charge in [0, 0.05) is 18.0 Å². The maximum Gasteiger partial charge on any atom is 0.144 e. The second kappa shape index (κ2) is 7.64. The molecule has 1 aromatic heterocycles. The van der Waals surface area contributed by atoms with Crippen LogP contribution in [0.4, 0.5) is 0 Å². The van der Waals surface area contributed by atoms with Crippen LogP contribution >= 0.6 is 0 Å². The molecule has 2 aromatic carbocycles. The molecule has 1 heterocycles. The molecule has 1 atom stereocenters.